The smallest absolute Gasteiger partial charge is 0.0623 e. The first-order chi connectivity index (χ1) is 16.8. The molecule has 0 N–H and O–H groups in total. The number of aryl methyl sites for hydroxylation is 1. The van der Waals surface area contributed by atoms with Crippen LogP contribution in [0, 0.1) is 6.92 Å². The molecule has 0 spiro atoms. The standard InChI is InChI=1S/C33H24Si/c1-23-12-11-15-25(22-23)34(24-13-3-2-4-14-24)31-21-10-9-20-30(31)32-28-18-7-5-16-26(28)27-17-6-8-19-29(27)33(32)34/h2-22H,1H3. The summed E-state index contributed by atoms with van der Waals surface area (Å²) in [5.41, 5.74) is 4.15. The predicted molar refractivity (Wildman–Crippen MR) is 149 cm³/mol. The lowest BCUT2D eigenvalue weighted by Gasteiger charge is -2.32. The van der Waals surface area contributed by atoms with Gasteiger partial charge < -0.3 is 0 Å². The summed E-state index contributed by atoms with van der Waals surface area (Å²) in [6.45, 7) is 2.22. The average Bonchev–Trinajstić information content (AvgIpc) is 3.22. The van der Waals surface area contributed by atoms with E-state index in [-0.39, 0.29) is 0 Å². The van der Waals surface area contributed by atoms with Crippen molar-refractivity contribution in [2.75, 3.05) is 0 Å². The summed E-state index contributed by atoms with van der Waals surface area (Å²) in [5.74, 6) is 0. The van der Waals surface area contributed by atoms with Crippen LogP contribution in [0.3, 0.4) is 0 Å². The zero-order chi connectivity index (χ0) is 22.7. The minimum atomic E-state index is -2.54. The Morgan fingerprint density at radius 3 is 1.82 bits per heavy atom. The second-order valence-electron chi connectivity index (χ2n) is 9.37. The fraction of sp³-hybridized carbons (Fsp3) is 0.0303. The van der Waals surface area contributed by atoms with Crippen molar-refractivity contribution in [3.8, 4) is 11.1 Å². The molecule has 0 amide bonds. The Kier molecular flexibility index (Phi) is 4.18. The van der Waals surface area contributed by atoms with Gasteiger partial charge in [0.1, 0.15) is 0 Å². The van der Waals surface area contributed by atoms with E-state index in [1.807, 2.05) is 0 Å². The number of hydrogen-bond donors (Lipinski definition) is 0. The number of rotatable bonds is 2. The van der Waals surface area contributed by atoms with Crippen LogP contribution in [0.1, 0.15) is 5.56 Å². The third-order valence-electron chi connectivity index (χ3n) is 7.57. The second-order valence-corrected chi connectivity index (χ2v) is 13.1. The summed E-state index contributed by atoms with van der Waals surface area (Å²) in [5, 5.41) is 11.4. The predicted octanol–water partition coefficient (Wildman–Crippen LogP) is 5.66. The summed E-state index contributed by atoms with van der Waals surface area (Å²) in [6.07, 6.45) is 0. The first-order valence-corrected chi connectivity index (χ1v) is 14.0. The summed E-state index contributed by atoms with van der Waals surface area (Å²) in [7, 11) is -2.54. The maximum Gasteiger partial charge on any atom is 0.181 e. The molecular formula is C33H24Si. The SMILES string of the molecule is Cc1cccc([Si]2(c3ccccc3)c3ccccc3-c3c2c2ccccc2c2ccccc32)c1. The van der Waals surface area contributed by atoms with E-state index in [4.69, 9.17) is 0 Å². The van der Waals surface area contributed by atoms with Crippen LogP contribution in [0.15, 0.2) is 127 Å². The molecule has 0 saturated heterocycles. The van der Waals surface area contributed by atoms with E-state index in [1.54, 1.807) is 5.19 Å². The summed E-state index contributed by atoms with van der Waals surface area (Å²) < 4.78 is 0. The maximum atomic E-state index is 2.44. The molecular weight excluding hydrogens is 424 g/mol. The van der Waals surface area contributed by atoms with Crippen molar-refractivity contribution in [2.45, 2.75) is 6.92 Å². The van der Waals surface area contributed by atoms with Crippen molar-refractivity contribution in [3.63, 3.8) is 0 Å². The lowest BCUT2D eigenvalue weighted by Crippen LogP contribution is -2.73. The second kappa shape index (κ2) is 7.28. The molecule has 1 unspecified atom stereocenters. The maximum absolute atomic E-state index is 2.54. The summed E-state index contributed by atoms with van der Waals surface area (Å²) >= 11 is 0. The van der Waals surface area contributed by atoms with E-state index >= 15 is 0 Å². The molecule has 0 radical (unpaired) electrons. The van der Waals surface area contributed by atoms with E-state index in [2.05, 4.69) is 134 Å². The van der Waals surface area contributed by atoms with Crippen LogP contribution < -0.4 is 20.7 Å². The van der Waals surface area contributed by atoms with Crippen LogP contribution in [0.4, 0.5) is 0 Å². The molecule has 0 fully saturated rings. The van der Waals surface area contributed by atoms with Crippen LogP contribution in [0.2, 0.25) is 0 Å². The Labute approximate surface area is 201 Å². The van der Waals surface area contributed by atoms with Crippen LogP contribution in [0.5, 0.6) is 0 Å². The summed E-state index contributed by atoms with van der Waals surface area (Å²) in [4.78, 5) is 0. The number of hydrogen-bond acceptors (Lipinski definition) is 0. The summed E-state index contributed by atoms with van der Waals surface area (Å²) in [6, 6.07) is 47.8. The van der Waals surface area contributed by atoms with Gasteiger partial charge in [-0.25, -0.2) is 0 Å². The van der Waals surface area contributed by atoms with Crippen molar-refractivity contribution in [2.24, 2.45) is 0 Å². The molecule has 0 saturated carbocycles. The van der Waals surface area contributed by atoms with Gasteiger partial charge in [0.25, 0.3) is 0 Å². The molecule has 160 valence electrons. The molecule has 1 aliphatic heterocycles. The highest BCUT2D eigenvalue weighted by Crippen LogP contribution is 2.39. The minimum Gasteiger partial charge on any atom is -0.0623 e. The molecule has 7 rings (SSSR count). The monoisotopic (exact) mass is 448 g/mol. The van der Waals surface area contributed by atoms with Crippen LogP contribution >= 0.6 is 0 Å². The van der Waals surface area contributed by atoms with Gasteiger partial charge in [-0.3, -0.25) is 0 Å². The van der Waals surface area contributed by atoms with Crippen molar-refractivity contribution >= 4 is 50.4 Å². The van der Waals surface area contributed by atoms with Crippen LogP contribution in [-0.4, -0.2) is 8.07 Å². The Morgan fingerprint density at radius 1 is 0.471 bits per heavy atom. The zero-order valence-electron chi connectivity index (χ0n) is 19.1. The normalized spacial score (nSPS) is 16.5. The van der Waals surface area contributed by atoms with Crippen molar-refractivity contribution in [1.29, 1.82) is 0 Å². The van der Waals surface area contributed by atoms with Gasteiger partial charge in [-0.2, -0.15) is 0 Å². The van der Waals surface area contributed by atoms with E-state index < -0.39 is 8.07 Å². The Bertz CT molecular complexity index is 1710. The average molecular weight is 449 g/mol. The Balaban J connectivity index is 1.81. The fourth-order valence-electron chi connectivity index (χ4n) is 6.31. The van der Waals surface area contributed by atoms with Gasteiger partial charge >= 0.3 is 0 Å². The van der Waals surface area contributed by atoms with Gasteiger partial charge in [-0.05, 0) is 60.3 Å². The molecule has 1 aliphatic rings. The van der Waals surface area contributed by atoms with Crippen molar-refractivity contribution in [1.82, 2.24) is 0 Å². The molecule has 6 aromatic carbocycles. The van der Waals surface area contributed by atoms with Crippen molar-refractivity contribution in [3.05, 3.63) is 133 Å². The quantitative estimate of drug-likeness (QED) is 0.236. The van der Waals surface area contributed by atoms with Gasteiger partial charge in [0.2, 0.25) is 0 Å². The third kappa shape index (κ3) is 2.48. The van der Waals surface area contributed by atoms with E-state index in [0.29, 0.717) is 0 Å². The topological polar surface area (TPSA) is 0 Å². The van der Waals surface area contributed by atoms with Gasteiger partial charge in [0, 0.05) is 0 Å². The van der Waals surface area contributed by atoms with Crippen molar-refractivity contribution < 1.29 is 0 Å². The largest absolute Gasteiger partial charge is 0.181 e. The van der Waals surface area contributed by atoms with Crippen LogP contribution in [0.25, 0.3) is 32.7 Å². The molecule has 6 aromatic rings. The van der Waals surface area contributed by atoms with Crippen LogP contribution in [-0.2, 0) is 0 Å². The zero-order valence-corrected chi connectivity index (χ0v) is 20.1. The molecule has 0 bridgehead atoms. The third-order valence-corrected chi connectivity index (χ3v) is 12.5. The van der Waals surface area contributed by atoms with Gasteiger partial charge in [0.15, 0.2) is 8.07 Å². The molecule has 0 aliphatic carbocycles. The molecule has 1 atom stereocenters. The van der Waals surface area contributed by atoms with E-state index in [1.165, 1.54) is 53.8 Å². The Morgan fingerprint density at radius 2 is 1.06 bits per heavy atom. The minimum absolute atomic E-state index is 1.32. The van der Waals surface area contributed by atoms with E-state index in [0.717, 1.165) is 0 Å². The molecule has 0 aromatic heterocycles. The number of benzene rings is 6. The lowest BCUT2D eigenvalue weighted by atomic mass is 9.93. The first kappa shape index (κ1) is 19.5. The highest BCUT2D eigenvalue weighted by atomic mass is 28.3. The van der Waals surface area contributed by atoms with Gasteiger partial charge in [-0.1, -0.05) is 133 Å². The fourth-order valence-corrected chi connectivity index (χ4v) is 11.8. The highest BCUT2D eigenvalue weighted by molar-refractivity contribution is 7.23. The molecule has 1 heteroatoms. The number of fused-ring (bicyclic) bond motifs is 8. The highest BCUT2D eigenvalue weighted by Gasteiger charge is 2.50. The molecule has 34 heavy (non-hydrogen) atoms. The molecule has 0 nitrogen and oxygen atoms in total. The molecule has 1 heterocycles. The Hall–Kier alpha value is -3.94. The van der Waals surface area contributed by atoms with Gasteiger partial charge in [0.05, 0.1) is 0 Å². The van der Waals surface area contributed by atoms with E-state index in [9.17, 15) is 0 Å². The first-order valence-electron chi connectivity index (χ1n) is 12.0. The van der Waals surface area contributed by atoms with Gasteiger partial charge in [-0.15, -0.1) is 0 Å². The lowest BCUT2D eigenvalue weighted by molar-refractivity contribution is 1.49.